The number of hydrogen-bond acceptors (Lipinski definition) is 5. The summed E-state index contributed by atoms with van der Waals surface area (Å²) in [6.45, 7) is 0. The molecule has 4 N–H and O–H groups in total. The van der Waals surface area contributed by atoms with E-state index in [9.17, 15) is 25.2 Å². The number of allylic oxidation sites excluding steroid dienone is 1. The predicted molar refractivity (Wildman–Crippen MR) is 72.9 cm³/mol. The average Bonchev–Trinajstić information content (AvgIpc) is 2.42. The Kier molecular flexibility index (Phi) is 3.61. The van der Waals surface area contributed by atoms with Crippen LogP contribution in [-0.2, 0) is 0 Å². The van der Waals surface area contributed by atoms with E-state index in [1.807, 2.05) is 0 Å². The molecule has 0 amide bonds. The van der Waals surface area contributed by atoms with E-state index in [1.165, 1.54) is 42.5 Å². The van der Waals surface area contributed by atoms with Crippen LogP contribution in [-0.4, -0.2) is 26.2 Å². The molecule has 2 aromatic carbocycles. The summed E-state index contributed by atoms with van der Waals surface area (Å²) >= 11 is 0. The molecule has 0 bridgehead atoms. The lowest BCUT2D eigenvalue weighted by Crippen LogP contribution is -1.94. The van der Waals surface area contributed by atoms with Gasteiger partial charge in [0.25, 0.3) is 0 Å². The number of carbonyl (C=O) groups is 1. The Labute approximate surface area is 114 Å². The van der Waals surface area contributed by atoms with E-state index in [2.05, 4.69) is 0 Å². The Hall–Kier alpha value is -2.95. The molecule has 0 aliphatic carbocycles. The predicted octanol–water partition coefficient (Wildman–Crippen LogP) is 2.41. The van der Waals surface area contributed by atoms with Crippen LogP contribution in [0.1, 0.15) is 15.9 Å². The smallest absolute Gasteiger partial charge is 0.189 e. The maximum atomic E-state index is 11.9. The van der Waals surface area contributed by atoms with E-state index in [1.54, 1.807) is 0 Å². The minimum absolute atomic E-state index is 0.0462. The second-order valence-corrected chi connectivity index (χ2v) is 4.11. The fraction of sp³-hybridized carbons (Fsp3) is 0. The van der Waals surface area contributed by atoms with Crippen molar-refractivity contribution in [2.45, 2.75) is 0 Å². The third-order valence-electron chi connectivity index (χ3n) is 2.71. The van der Waals surface area contributed by atoms with Crippen LogP contribution in [0, 0.1) is 0 Å². The molecule has 0 unspecified atom stereocenters. The first-order chi connectivity index (χ1) is 9.49. The highest BCUT2D eigenvalue weighted by Gasteiger charge is 2.11. The minimum atomic E-state index is -0.541. The molecule has 2 aromatic rings. The standard InChI is InChI=1S/C15H12O5/c16-10-5-7-12(17)9(8-10)4-6-13(18)11-2-1-3-14(19)15(11)20/h1-8,16-17,19-20H/b6-4+. The number of benzene rings is 2. The van der Waals surface area contributed by atoms with Gasteiger partial charge in [0.2, 0.25) is 0 Å². The van der Waals surface area contributed by atoms with Gasteiger partial charge in [-0.3, -0.25) is 4.79 Å². The first kappa shape index (κ1) is 13.5. The first-order valence-corrected chi connectivity index (χ1v) is 5.74. The van der Waals surface area contributed by atoms with Crippen LogP contribution in [0.4, 0.5) is 0 Å². The van der Waals surface area contributed by atoms with Gasteiger partial charge >= 0.3 is 0 Å². The zero-order chi connectivity index (χ0) is 14.7. The van der Waals surface area contributed by atoms with Crippen LogP contribution in [0.2, 0.25) is 0 Å². The molecule has 102 valence electrons. The summed E-state index contributed by atoms with van der Waals surface area (Å²) in [7, 11) is 0. The van der Waals surface area contributed by atoms with Crippen molar-refractivity contribution in [3.63, 3.8) is 0 Å². The minimum Gasteiger partial charge on any atom is -0.508 e. The van der Waals surface area contributed by atoms with E-state index in [4.69, 9.17) is 0 Å². The van der Waals surface area contributed by atoms with Crippen molar-refractivity contribution in [3.8, 4) is 23.0 Å². The van der Waals surface area contributed by atoms with Gasteiger partial charge in [-0.15, -0.1) is 0 Å². The van der Waals surface area contributed by atoms with Gasteiger partial charge in [-0.1, -0.05) is 6.07 Å². The quantitative estimate of drug-likeness (QED) is 0.298. The highest BCUT2D eigenvalue weighted by molar-refractivity contribution is 6.09. The normalized spacial score (nSPS) is 10.8. The summed E-state index contributed by atoms with van der Waals surface area (Å²) in [6.07, 6.45) is 2.43. The van der Waals surface area contributed by atoms with E-state index in [-0.39, 0.29) is 28.4 Å². The number of phenolic OH excluding ortho intramolecular Hbond substituents is 4. The molecule has 5 nitrogen and oxygen atoms in total. The molecular weight excluding hydrogens is 260 g/mol. The Morgan fingerprint density at radius 1 is 0.950 bits per heavy atom. The van der Waals surface area contributed by atoms with Crippen LogP contribution >= 0.6 is 0 Å². The number of aromatic hydroxyl groups is 4. The molecule has 0 aliphatic heterocycles. The van der Waals surface area contributed by atoms with Gasteiger partial charge in [0.15, 0.2) is 17.3 Å². The maximum Gasteiger partial charge on any atom is 0.189 e. The van der Waals surface area contributed by atoms with Gasteiger partial charge < -0.3 is 20.4 Å². The monoisotopic (exact) mass is 272 g/mol. The van der Waals surface area contributed by atoms with E-state index in [0.29, 0.717) is 0 Å². The van der Waals surface area contributed by atoms with E-state index >= 15 is 0 Å². The molecule has 0 aliphatic rings. The van der Waals surface area contributed by atoms with Gasteiger partial charge in [0.1, 0.15) is 11.5 Å². The van der Waals surface area contributed by atoms with Crippen molar-refractivity contribution < 1.29 is 25.2 Å². The lowest BCUT2D eigenvalue weighted by Gasteiger charge is -2.02. The van der Waals surface area contributed by atoms with Crippen molar-refractivity contribution in [1.82, 2.24) is 0 Å². The van der Waals surface area contributed by atoms with Crippen molar-refractivity contribution in [3.05, 3.63) is 53.6 Å². The SMILES string of the molecule is O=C(/C=C/c1cc(O)ccc1O)c1cccc(O)c1O. The Bertz CT molecular complexity index is 689. The molecule has 0 atom stereocenters. The lowest BCUT2D eigenvalue weighted by atomic mass is 10.1. The van der Waals surface area contributed by atoms with Crippen LogP contribution in [0.15, 0.2) is 42.5 Å². The third-order valence-corrected chi connectivity index (χ3v) is 2.71. The Morgan fingerprint density at radius 2 is 1.70 bits per heavy atom. The lowest BCUT2D eigenvalue weighted by molar-refractivity contribution is 0.104. The van der Waals surface area contributed by atoms with Crippen molar-refractivity contribution in [1.29, 1.82) is 0 Å². The van der Waals surface area contributed by atoms with Crippen LogP contribution in [0.25, 0.3) is 6.08 Å². The van der Waals surface area contributed by atoms with Crippen LogP contribution in [0.3, 0.4) is 0 Å². The first-order valence-electron chi connectivity index (χ1n) is 5.74. The van der Waals surface area contributed by atoms with Crippen molar-refractivity contribution >= 4 is 11.9 Å². The third kappa shape index (κ3) is 2.72. The summed E-state index contributed by atoms with van der Waals surface area (Å²) in [6, 6.07) is 7.96. The molecule has 20 heavy (non-hydrogen) atoms. The van der Waals surface area contributed by atoms with E-state index < -0.39 is 11.5 Å². The fourth-order valence-corrected chi connectivity index (χ4v) is 1.66. The summed E-state index contributed by atoms with van der Waals surface area (Å²) in [5, 5.41) is 37.7. The summed E-state index contributed by atoms with van der Waals surface area (Å²) in [4.78, 5) is 11.9. The topological polar surface area (TPSA) is 98.0 Å². The Morgan fingerprint density at radius 3 is 2.45 bits per heavy atom. The molecule has 0 heterocycles. The second kappa shape index (κ2) is 5.36. The largest absolute Gasteiger partial charge is 0.508 e. The van der Waals surface area contributed by atoms with Crippen LogP contribution in [0.5, 0.6) is 23.0 Å². The van der Waals surface area contributed by atoms with Gasteiger partial charge in [-0.2, -0.15) is 0 Å². The molecule has 0 radical (unpaired) electrons. The fourth-order valence-electron chi connectivity index (χ4n) is 1.66. The van der Waals surface area contributed by atoms with Crippen LogP contribution < -0.4 is 0 Å². The Balaban J connectivity index is 2.29. The highest BCUT2D eigenvalue weighted by Crippen LogP contribution is 2.29. The second-order valence-electron chi connectivity index (χ2n) is 4.11. The highest BCUT2D eigenvalue weighted by atomic mass is 16.3. The maximum absolute atomic E-state index is 11.9. The summed E-state index contributed by atoms with van der Waals surface area (Å²) < 4.78 is 0. The number of carbonyl (C=O) groups excluding carboxylic acids is 1. The van der Waals surface area contributed by atoms with Crippen molar-refractivity contribution in [2.75, 3.05) is 0 Å². The summed E-state index contributed by atoms with van der Waals surface area (Å²) in [5.41, 5.74) is 0.207. The molecule has 5 heteroatoms. The molecular formula is C15H12O5. The van der Waals surface area contributed by atoms with Gasteiger partial charge in [-0.05, 0) is 42.5 Å². The molecule has 0 aromatic heterocycles. The number of ketones is 1. The zero-order valence-electron chi connectivity index (χ0n) is 10.3. The number of hydrogen-bond donors (Lipinski definition) is 4. The van der Waals surface area contributed by atoms with Crippen molar-refractivity contribution in [2.24, 2.45) is 0 Å². The molecule has 0 fully saturated rings. The zero-order valence-corrected chi connectivity index (χ0v) is 10.3. The average molecular weight is 272 g/mol. The van der Waals surface area contributed by atoms with Gasteiger partial charge in [0.05, 0.1) is 5.56 Å². The van der Waals surface area contributed by atoms with Gasteiger partial charge in [0, 0.05) is 5.56 Å². The summed E-state index contributed by atoms with van der Waals surface area (Å²) in [5.74, 6) is -1.56. The van der Waals surface area contributed by atoms with E-state index in [0.717, 1.165) is 6.08 Å². The van der Waals surface area contributed by atoms with Gasteiger partial charge in [-0.25, -0.2) is 0 Å². The molecule has 0 saturated carbocycles. The number of phenols is 4. The molecule has 0 saturated heterocycles. The molecule has 0 spiro atoms. The molecule has 2 rings (SSSR count). The number of rotatable bonds is 3. The number of para-hydroxylation sites is 1.